The molecule has 3 rings (SSSR count). The van der Waals surface area contributed by atoms with Gasteiger partial charge in [-0.05, 0) is 43.2 Å². The van der Waals surface area contributed by atoms with Crippen molar-refractivity contribution < 1.29 is 23.8 Å². The lowest BCUT2D eigenvalue weighted by molar-refractivity contribution is -0.162. The topological polar surface area (TPSA) is 77.6 Å². The summed E-state index contributed by atoms with van der Waals surface area (Å²) in [6.45, 7) is 3.79. The van der Waals surface area contributed by atoms with Crippen molar-refractivity contribution in [2.24, 2.45) is 5.92 Å². The summed E-state index contributed by atoms with van der Waals surface area (Å²) < 4.78 is 15.8. The Kier molecular flexibility index (Phi) is 6.54. The summed E-state index contributed by atoms with van der Waals surface area (Å²) in [5.41, 5.74) is 2.55. The average Bonchev–Trinajstić information content (AvgIpc) is 3.16. The molecule has 1 heterocycles. The number of fused-ring (bicyclic) bond motifs is 1. The first kappa shape index (κ1) is 20.5. The number of carbonyl (C=O) groups excluding carboxylic acids is 2. The molecule has 0 aliphatic rings. The molecular weight excluding hydrogens is 370 g/mol. The summed E-state index contributed by atoms with van der Waals surface area (Å²) in [5.74, 6) is -2.21. The fourth-order valence-corrected chi connectivity index (χ4v) is 3.55. The van der Waals surface area contributed by atoms with Gasteiger partial charge >= 0.3 is 11.9 Å². The van der Waals surface area contributed by atoms with E-state index in [1.807, 2.05) is 54.7 Å². The Morgan fingerprint density at radius 2 is 1.55 bits per heavy atom. The second kappa shape index (κ2) is 9.28. The highest BCUT2D eigenvalue weighted by Gasteiger charge is 2.40. The molecule has 0 aliphatic heterocycles. The summed E-state index contributed by atoms with van der Waals surface area (Å²) in [7, 11) is 1.59. The van der Waals surface area contributed by atoms with Crippen LogP contribution in [0.1, 0.15) is 30.9 Å². The number of benzene rings is 2. The van der Waals surface area contributed by atoms with E-state index in [0.717, 1.165) is 22.0 Å². The SMILES string of the molecule is CCOC(=O)C(C(=O)OCC)C(c1ccc(OC)cc1)c1c[nH]c2ccccc12. The van der Waals surface area contributed by atoms with E-state index in [2.05, 4.69) is 4.98 Å². The van der Waals surface area contributed by atoms with E-state index in [1.54, 1.807) is 21.0 Å². The number of aromatic amines is 1. The van der Waals surface area contributed by atoms with Crippen LogP contribution in [0, 0.1) is 5.92 Å². The molecule has 0 saturated carbocycles. The van der Waals surface area contributed by atoms with Crippen molar-refractivity contribution in [1.82, 2.24) is 4.98 Å². The molecule has 0 amide bonds. The van der Waals surface area contributed by atoms with Crippen LogP contribution in [-0.4, -0.2) is 37.2 Å². The van der Waals surface area contributed by atoms with Crippen LogP contribution in [0.4, 0.5) is 0 Å². The molecule has 0 saturated heterocycles. The number of rotatable bonds is 8. The molecule has 1 unspecified atom stereocenters. The third kappa shape index (κ3) is 4.26. The maximum atomic E-state index is 12.9. The lowest BCUT2D eigenvalue weighted by atomic mass is 9.80. The first-order valence-corrected chi connectivity index (χ1v) is 9.63. The zero-order valence-corrected chi connectivity index (χ0v) is 16.8. The number of H-pyrrole nitrogens is 1. The molecule has 1 atom stereocenters. The van der Waals surface area contributed by atoms with Gasteiger partial charge in [-0.1, -0.05) is 30.3 Å². The fraction of sp³-hybridized carbons (Fsp3) is 0.304. The molecule has 6 heteroatoms. The molecule has 152 valence electrons. The molecule has 6 nitrogen and oxygen atoms in total. The van der Waals surface area contributed by atoms with Crippen molar-refractivity contribution in [2.45, 2.75) is 19.8 Å². The minimum atomic E-state index is -1.12. The second-order valence-corrected chi connectivity index (χ2v) is 6.52. The van der Waals surface area contributed by atoms with Gasteiger partial charge in [0.25, 0.3) is 0 Å². The van der Waals surface area contributed by atoms with E-state index in [1.165, 1.54) is 0 Å². The Hall–Kier alpha value is -3.28. The van der Waals surface area contributed by atoms with Gasteiger partial charge in [0.1, 0.15) is 5.75 Å². The predicted octanol–water partition coefficient (Wildman–Crippen LogP) is 4.05. The molecule has 1 N–H and O–H groups in total. The van der Waals surface area contributed by atoms with Crippen LogP contribution in [0.5, 0.6) is 5.75 Å². The fourth-order valence-electron chi connectivity index (χ4n) is 3.55. The lowest BCUT2D eigenvalue weighted by Gasteiger charge is -2.25. The van der Waals surface area contributed by atoms with Gasteiger partial charge in [-0.25, -0.2) is 0 Å². The maximum Gasteiger partial charge on any atom is 0.321 e. The van der Waals surface area contributed by atoms with Crippen LogP contribution in [0.25, 0.3) is 10.9 Å². The number of hydrogen-bond donors (Lipinski definition) is 1. The highest BCUT2D eigenvalue weighted by atomic mass is 16.6. The highest BCUT2D eigenvalue weighted by Crippen LogP contribution is 2.38. The number of carbonyl (C=O) groups is 2. The Balaban J connectivity index is 2.18. The molecule has 0 spiro atoms. The third-order valence-corrected chi connectivity index (χ3v) is 4.85. The zero-order valence-electron chi connectivity index (χ0n) is 16.8. The molecule has 1 aromatic heterocycles. The highest BCUT2D eigenvalue weighted by molar-refractivity contribution is 5.98. The predicted molar refractivity (Wildman–Crippen MR) is 110 cm³/mol. The second-order valence-electron chi connectivity index (χ2n) is 6.52. The quantitative estimate of drug-likeness (QED) is 0.460. The Morgan fingerprint density at radius 1 is 0.931 bits per heavy atom. The van der Waals surface area contributed by atoms with E-state index < -0.39 is 23.8 Å². The van der Waals surface area contributed by atoms with Gasteiger partial charge in [0.05, 0.1) is 20.3 Å². The largest absolute Gasteiger partial charge is 0.497 e. The molecule has 2 aromatic carbocycles. The molecule has 0 fully saturated rings. The van der Waals surface area contributed by atoms with Crippen molar-refractivity contribution in [3.63, 3.8) is 0 Å². The molecule has 3 aromatic rings. The van der Waals surface area contributed by atoms with E-state index in [0.29, 0.717) is 5.75 Å². The Bertz CT molecular complexity index is 958. The van der Waals surface area contributed by atoms with Crippen molar-refractivity contribution >= 4 is 22.8 Å². The van der Waals surface area contributed by atoms with Gasteiger partial charge in [-0.2, -0.15) is 0 Å². The summed E-state index contributed by atoms with van der Waals surface area (Å²) in [4.78, 5) is 29.0. The molecule has 29 heavy (non-hydrogen) atoms. The zero-order chi connectivity index (χ0) is 20.8. The normalized spacial score (nSPS) is 12.0. The molecule has 0 aliphatic carbocycles. The number of esters is 2. The molecule has 0 bridgehead atoms. The number of methoxy groups -OCH3 is 1. The van der Waals surface area contributed by atoms with Gasteiger partial charge in [0, 0.05) is 23.0 Å². The average molecular weight is 395 g/mol. The monoisotopic (exact) mass is 395 g/mol. The minimum absolute atomic E-state index is 0.179. The smallest absolute Gasteiger partial charge is 0.321 e. The molecular formula is C23H25NO5. The van der Waals surface area contributed by atoms with Crippen molar-refractivity contribution in [2.75, 3.05) is 20.3 Å². The Morgan fingerprint density at radius 3 is 2.14 bits per heavy atom. The molecule has 0 radical (unpaired) electrons. The first-order valence-electron chi connectivity index (χ1n) is 9.63. The van der Waals surface area contributed by atoms with Crippen molar-refractivity contribution in [3.05, 3.63) is 65.9 Å². The van der Waals surface area contributed by atoms with E-state index in [4.69, 9.17) is 14.2 Å². The van der Waals surface area contributed by atoms with Crippen LogP contribution in [-0.2, 0) is 19.1 Å². The van der Waals surface area contributed by atoms with Crippen LogP contribution in [0.3, 0.4) is 0 Å². The summed E-state index contributed by atoms with van der Waals surface area (Å²) in [6, 6.07) is 15.1. The summed E-state index contributed by atoms with van der Waals surface area (Å²) >= 11 is 0. The third-order valence-electron chi connectivity index (χ3n) is 4.85. The summed E-state index contributed by atoms with van der Waals surface area (Å²) in [6.07, 6.45) is 1.84. The van der Waals surface area contributed by atoms with Crippen LogP contribution in [0.2, 0.25) is 0 Å². The van der Waals surface area contributed by atoms with Gasteiger partial charge in [0.2, 0.25) is 0 Å². The van der Waals surface area contributed by atoms with Gasteiger partial charge in [-0.3, -0.25) is 9.59 Å². The van der Waals surface area contributed by atoms with Gasteiger partial charge in [-0.15, -0.1) is 0 Å². The van der Waals surface area contributed by atoms with Crippen molar-refractivity contribution in [3.8, 4) is 5.75 Å². The van der Waals surface area contributed by atoms with Crippen LogP contribution < -0.4 is 4.74 Å². The minimum Gasteiger partial charge on any atom is -0.497 e. The number of nitrogens with one attached hydrogen (secondary N) is 1. The van der Waals surface area contributed by atoms with E-state index in [-0.39, 0.29) is 13.2 Å². The van der Waals surface area contributed by atoms with E-state index >= 15 is 0 Å². The standard InChI is InChI=1S/C23H25NO5/c1-4-28-22(25)21(23(26)29-5-2)20(15-10-12-16(27-3)13-11-15)18-14-24-19-9-7-6-8-17(18)19/h6-14,20-21,24H,4-5H2,1-3H3. The van der Waals surface area contributed by atoms with Crippen LogP contribution >= 0.6 is 0 Å². The Labute approximate surface area is 169 Å². The van der Waals surface area contributed by atoms with Gasteiger partial charge < -0.3 is 19.2 Å². The van der Waals surface area contributed by atoms with Crippen LogP contribution in [0.15, 0.2) is 54.7 Å². The number of aromatic nitrogens is 1. The summed E-state index contributed by atoms with van der Waals surface area (Å²) in [5, 5.41) is 0.937. The lowest BCUT2D eigenvalue weighted by Crippen LogP contribution is -2.34. The first-order chi connectivity index (χ1) is 14.1. The van der Waals surface area contributed by atoms with Crippen molar-refractivity contribution in [1.29, 1.82) is 0 Å². The number of hydrogen-bond acceptors (Lipinski definition) is 5. The van der Waals surface area contributed by atoms with Gasteiger partial charge in [0.15, 0.2) is 5.92 Å². The number of para-hydroxylation sites is 1. The number of ether oxygens (including phenoxy) is 3. The van der Waals surface area contributed by atoms with E-state index in [9.17, 15) is 9.59 Å². The maximum absolute atomic E-state index is 12.9.